The van der Waals surface area contributed by atoms with Crippen molar-refractivity contribution in [2.24, 2.45) is 0 Å². The van der Waals surface area contributed by atoms with Crippen molar-refractivity contribution < 1.29 is 31.9 Å². The number of nitrogens with zero attached hydrogens (tertiary/aromatic N) is 2. The highest BCUT2D eigenvalue weighted by Crippen LogP contribution is 2.46. The van der Waals surface area contributed by atoms with E-state index < -0.39 is 31.6 Å². The Morgan fingerprint density at radius 1 is 1.32 bits per heavy atom. The third kappa shape index (κ3) is 5.95. The molecule has 1 fully saturated rings. The van der Waals surface area contributed by atoms with Crippen LogP contribution in [0, 0.1) is 0 Å². The summed E-state index contributed by atoms with van der Waals surface area (Å²) in [5.74, 6) is -0.990. The second-order valence-corrected chi connectivity index (χ2v) is 14.0. The minimum atomic E-state index is -4.70. The monoisotopic (exact) mass is 457 g/mol. The molecule has 2 heterocycles. The van der Waals surface area contributed by atoms with Gasteiger partial charge in [-0.15, -0.1) is 0 Å². The van der Waals surface area contributed by atoms with E-state index in [0.717, 1.165) is 0 Å². The molecule has 6 nitrogen and oxygen atoms in total. The predicted octanol–water partition coefficient (Wildman–Crippen LogP) is 3.88. The molecule has 171 valence electrons. The molecule has 1 aromatic heterocycles. The number of piperidine rings is 1. The van der Waals surface area contributed by atoms with E-state index in [4.69, 9.17) is 9.16 Å². The van der Waals surface area contributed by atoms with E-state index in [1.54, 1.807) is 17.9 Å². The van der Waals surface area contributed by atoms with Crippen molar-refractivity contribution in [2.45, 2.75) is 63.5 Å². The standard InChI is InChI=1S/C20H29BF3N2O4Si/c1-19(2,3)31(5,6)30-17(20(22,23)24)14-9-13(10-25-18(14)29-4)15-11-26(21-12-27)8-7-16(15)28/h9-10,12,15,17H,7-8,11H2,1-6H3. The predicted molar refractivity (Wildman–Crippen MR) is 114 cm³/mol. The Hall–Kier alpha value is -1.72. The fourth-order valence-corrected chi connectivity index (χ4v) is 4.39. The van der Waals surface area contributed by atoms with Crippen LogP contribution in [0.3, 0.4) is 0 Å². The largest absolute Gasteiger partial charge is 0.481 e. The van der Waals surface area contributed by atoms with Crippen molar-refractivity contribution in [3.8, 4) is 5.88 Å². The van der Waals surface area contributed by atoms with Gasteiger partial charge in [0.2, 0.25) is 5.88 Å². The summed E-state index contributed by atoms with van der Waals surface area (Å²) in [4.78, 5) is 29.0. The van der Waals surface area contributed by atoms with E-state index in [2.05, 4.69) is 4.98 Å². The number of hydrogen-bond donors (Lipinski definition) is 0. The van der Waals surface area contributed by atoms with Gasteiger partial charge in [-0.3, -0.25) is 4.79 Å². The van der Waals surface area contributed by atoms with Crippen LogP contribution in [0.4, 0.5) is 13.2 Å². The van der Waals surface area contributed by atoms with E-state index in [0.29, 0.717) is 18.3 Å². The number of ketones is 1. The molecule has 1 radical (unpaired) electrons. The molecule has 0 saturated carbocycles. The molecule has 2 atom stereocenters. The molecule has 11 heteroatoms. The van der Waals surface area contributed by atoms with Gasteiger partial charge in [-0.25, -0.2) is 4.98 Å². The first-order valence-electron chi connectivity index (χ1n) is 10.0. The summed E-state index contributed by atoms with van der Waals surface area (Å²) in [6, 6.07) is 1.31. The van der Waals surface area contributed by atoms with Crippen molar-refractivity contribution in [1.29, 1.82) is 0 Å². The minimum Gasteiger partial charge on any atom is -0.481 e. The molecule has 0 aliphatic carbocycles. The first kappa shape index (κ1) is 25.5. The van der Waals surface area contributed by atoms with E-state index in [9.17, 15) is 22.8 Å². The van der Waals surface area contributed by atoms with Crippen LogP contribution in [0.2, 0.25) is 18.1 Å². The topological polar surface area (TPSA) is 68.7 Å². The van der Waals surface area contributed by atoms with Gasteiger partial charge in [-0.05, 0) is 36.3 Å². The summed E-state index contributed by atoms with van der Waals surface area (Å²) in [5.41, 5.74) is 0.0968. The van der Waals surface area contributed by atoms with Gasteiger partial charge < -0.3 is 18.8 Å². The Morgan fingerprint density at radius 3 is 2.48 bits per heavy atom. The minimum absolute atomic E-state index is 0.109. The Balaban J connectivity index is 2.51. The maximum atomic E-state index is 14.1. The van der Waals surface area contributed by atoms with Gasteiger partial charge in [0.05, 0.1) is 24.8 Å². The van der Waals surface area contributed by atoms with Crippen molar-refractivity contribution >= 4 is 27.7 Å². The van der Waals surface area contributed by atoms with Crippen LogP contribution in [-0.4, -0.2) is 63.9 Å². The van der Waals surface area contributed by atoms with E-state index in [1.807, 2.05) is 20.8 Å². The van der Waals surface area contributed by atoms with Gasteiger partial charge in [-0.2, -0.15) is 13.2 Å². The zero-order chi connectivity index (χ0) is 23.6. The SMILES string of the molecule is COc1ncc(C2CN([B]C=O)CCC2=O)cc1C(O[Si](C)(C)C(C)(C)C)C(F)(F)F. The van der Waals surface area contributed by atoms with Crippen LogP contribution in [0.1, 0.15) is 50.3 Å². The van der Waals surface area contributed by atoms with Crippen molar-refractivity contribution in [2.75, 3.05) is 20.2 Å². The van der Waals surface area contributed by atoms with E-state index >= 15 is 0 Å². The number of hydrogen-bond acceptors (Lipinski definition) is 6. The highest BCUT2D eigenvalue weighted by atomic mass is 28.4. The zero-order valence-electron chi connectivity index (χ0n) is 18.7. The molecule has 0 spiro atoms. The molecule has 0 aromatic carbocycles. The van der Waals surface area contributed by atoms with Crippen molar-refractivity contribution in [3.63, 3.8) is 0 Å². The van der Waals surface area contributed by atoms with Crippen LogP contribution >= 0.6 is 0 Å². The molecule has 0 amide bonds. The molecule has 1 aromatic rings. The Labute approximate surface area is 182 Å². The zero-order valence-corrected chi connectivity index (χ0v) is 19.7. The number of rotatable bonds is 7. The summed E-state index contributed by atoms with van der Waals surface area (Å²) in [6.07, 6.45) is -4.75. The van der Waals surface area contributed by atoms with Gasteiger partial charge in [0.25, 0.3) is 7.41 Å². The lowest BCUT2D eigenvalue weighted by molar-refractivity contribution is -0.202. The fourth-order valence-electron chi connectivity index (χ4n) is 3.18. The Morgan fingerprint density at radius 2 is 1.97 bits per heavy atom. The van der Waals surface area contributed by atoms with Crippen LogP contribution in [0.25, 0.3) is 0 Å². The number of alkyl halides is 3. The van der Waals surface area contributed by atoms with Gasteiger partial charge in [-0.1, -0.05) is 20.8 Å². The smallest absolute Gasteiger partial charge is 0.417 e. The van der Waals surface area contributed by atoms with Crippen molar-refractivity contribution in [1.82, 2.24) is 9.79 Å². The lowest BCUT2D eigenvalue weighted by Crippen LogP contribution is -2.45. The summed E-state index contributed by atoms with van der Waals surface area (Å²) in [7, 11) is -0.233. The van der Waals surface area contributed by atoms with Crippen LogP contribution < -0.4 is 4.74 Å². The third-order valence-electron chi connectivity index (χ3n) is 6.02. The summed E-state index contributed by atoms with van der Waals surface area (Å²) in [6.45, 7) is 9.65. The average molecular weight is 457 g/mol. The van der Waals surface area contributed by atoms with Crippen LogP contribution in [0.5, 0.6) is 5.88 Å². The molecular formula is C20H29BF3N2O4Si. The fraction of sp³-hybridized carbons (Fsp3) is 0.650. The van der Waals surface area contributed by atoms with Crippen LogP contribution in [0.15, 0.2) is 12.3 Å². The molecule has 1 aliphatic rings. The number of carbonyl (C=O) groups is 2. The number of Topliss-reactive ketones (excluding diaryl/α,β-unsaturated/α-hetero) is 1. The molecule has 1 aliphatic heterocycles. The lowest BCUT2D eigenvalue weighted by Gasteiger charge is -2.40. The van der Waals surface area contributed by atoms with Gasteiger partial charge in [0.15, 0.2) is 14.4 Å². The number of pyridine rings is 1. The first-order chi connectivity index (χ1) is 14.2. The first-order valence-corrected chi connectivity index (χ1v) is 13.0. The van der Waals surface area contributed by atoms with Crippen LogP contribution in [-0.2, 0) is 14.0 Å². The molecule has 0 bridgehead atoms. The van der Waals surface area contributed by atoms with Gasteiger partial charge in [0, 0.05) is 19.2 Å². The molecule has 31 heavy (non-hydrogen) atoms. The third-order valence-corrected chi connectivity index (χ3v) is 10.5. The number of halogens is 3. The molecule has 2 rings (SSSR count). The Bertz CT molecular complexity index is 815. The lowest BCUT2D eigenvalue weighted by atomic mass is 9.83. The normalized spacial score (nSPS) is 19.8. The maximum absolute atomic E-state index is 14.1. The quantitative estimate of drug-likeness (QED) is 0.457. The summed E-state index contributed by atoms with van der Waals surface area (Å²) in [5, 5.41) is -0.445. The number of methoxy groups -OCH3 is 1. The molecule has 1 saturated heterocycles. The van der Waals surface area contributed by atoms with E-state index in [-0.39, 0.29) is 30.2 Å². The number of ether oxygens (including phenoxy) is 1. The summed E-state index contributed by atoms with van der Waals surface area (Å²) < 4.78 is 53.3. The van der Waals surface area contributed by atoms with Gasteiger partial charge in [0.1, 0.15) is 5.78 Å². The highest BCUT2D eigenvalue weighted by Gasteiger charge is 2.50. The van der Waals surface area contributed by atoms with Crippen molar-refractivity contribution in [3.05, 3.63) is 23.4 Å². The average Bonchev–Trinajstić information content (AvgIpc) is 2.65. The second kappa shape index (κ2) is 9.42. The van der Waals surface area contributed by atoms with E-state index in [1.165, 1.54) is 26.8 Å². The molecule has 0 N–H and O–H groups in total. The molecular weight excluding hydrogens is 428 g/mol. The second-order valence-electron chi connectivity index (χ2n) is 9.22. The van der Waals surface area contributed by atoms with Gasteiger partial charge >= 0.3 is 6.18 Å². The Kier molecular flexibility index (Phi) is 7.76. The molecule has 2 unspecified atom stereocenters. The number of aromatic nitrogens is 1. The maximum Gasteiger partial charge on any atom is 0.417 e. The summed E-state index contributed by atoms with van der Waals surface area (Å²) >= 11 is 0. The highest BCUT2D eigenvalue weighted by molar-refractivity contribution is 6.74. The number of carbonyl (C=O) groups excluding carboxylic acids is 2.